The minimum Gasteiger partial charge on any atom is -0.481 e. The Labute approximate surface area is 276 Å². The van der Waals surface area contributed by atoms with Gasteiger partial charge in [-0.05, 0) is 62.1 Å². The zero-order chi connectivity index (χ0) is 35.9. The second kappa shape index (κ2) is 15.7. The molecule has 1 aromatic heterocycles. The number of piperidine rings is 1. The van der Waals surface area contributed by atoms with E-state index in [0.29, 0.717) is 44.3 Å². The lowest BCUT2D eigenvalue weighted by atomic mass is 9.92. The number of halogens is 6. The highest BCUT2D eigenvalue weighted by atomic mass is 19.4. The van der Waals surface area contributed by atoms with Gasteiger partial charge in [0.05, 0.1) is 5.56 Å². The summed E-state index contributed by atoms with van der Waals surface area (Å²) in [7, 11) is 0. The van der Waals surface area contributed by atoms with Gasteiger partial charge in [0, 0.05) is 45.1 Å². The van der Waals surface area contributed by atoms with Gasteiger partial charge in [0.2, 0.25) is 17.6 Å². The predicted octanol–water partition coefficient (Wildman–Crippen LogP) is 3.88. The second-order valence-corrected chi connectivity index (χ2v) is 12.0. The molecule has 0 aliphatic carbocycles. The average molecular weight is 703 g/mol. The van der Waals surface area contributed by atoms with Gasteiger partial charge in [0.25, 0.3) is 0 Å². The van der Waals surface area contributed by atoms with Gasteiger partial charge in [0.1, 0.15) is 23.7 Å². The third-order valence-corrected chi connectivity index (χ3v) is 8.56. The fourth-order valence-corrected chi connectivity index (χ4v) is 5.68. The van der Waals surface area contributed by atoms with Crippen LogP contribution in [0.1, 0.15) is 61.9 Å². The first-order valence-corrected chi connectivity index (χ1v) is 15.7. The van der Waals surface area contributed by atoms with Crippen LogP contribution in [-0.2, 0) is 38.0 Å². The number of carboxylic acid groups (broad SMARTS) is 2. The van der Waals surface area contributed by atoms with Crippen LogP contribution in [0.5, 0.6) is 0 Å². The first-order chi connectivity index (χ1) is 23.0. The summed E-state index contributed by atoms with van der Waals surface area (Å²) in [5.74, 6) is -4.88. The van der Waals surface area contributed by atoms with Crippen molar-refractivity contribution in [3.63, 3.8) is 0 Å². The quantitative estimate of drug-likeness (QED) is 0.213. The highest BCUT2D eigenvalue weighted by Crippen LogP contribution is 2.35. The number of anilines is 2. The molecule has 4 N–H and O–H groups in total. The van der Waals surface area contributed by atoms with E-state index in [1.54, 1.807) is 4.90 Å². The van der Waals surface area contributed by atoms with Crippen LogP contribution in [0, 0.1) is 5.92 Å². The fraction of sp³-hybridized carbons (Fsp3) is 0.548. The Morgan fingerprint density at radius 2 is 1.53 bits per heavy atom. The zero-order valence-electron chi connectivity index (χ0n) is 26.2. The number of carbonyl (C=O) groups is 4. The Morgan fingerprint density at radius 1 is 0.878 bits per heavy atom. The summed E-state index contributed by atoms with van der Waals surface area (Å²) in [5, 5.41) is 23.0. The van der Waals surface area contributed by atoms with Crippen molar-refractivity contribution in [3.8, 4) is 0 Å². The molecule has 0 radical (unpaired) electrons. The van der Waals surface area contributed by atoms with Crippen molar-refractivity contribution in [2.24, 2.45) is 5.92 Å². The minimum atomic E-state index is -4.86. The summed E-state index contributed by atoms with van der Waals surface area (Å²) in [6.45, 7) is 1.03. The molecule has 2 fully saturated rings. The topological polar surface area (TPSA) is 165 Å². The third kappa shape index (κ3) is 10.4. The molecular formula is C31H36F6N6O6. The maximum Gasteiger partial charge on any atom is 0.451 e. The number of hydrogen-bond acceptors (Lipinski definition) is 8. The molecule has 12 nitrogen and oxygen atoms in total. The number of amides is 2. The van der Waals surface area contributed by atoms with Crippen LogP contribution in [0.2, 0.25) is 0 Å². The average Bonchev–Trinajstić information content (AvgIpc) is 3.01. The smallest absolute Gasteiger partial charge is 0.451 e. The van der Waals surface area contributed by atoms with Crippen LogP contribution in [0.3, 0.4) is 0 Å². The highest BCUT2D eigenvalue weighted by molar-refractivity contribution is 5.87. The molecule has 268 valence electrons. The van der Waals surface area contributed by atoms with Crippen molar-refractivity contribution in [1.82, 2.24) is 20.6 Å². The van der Waals surface area contributed by atoms with Gasteiger partial charge in [0.15, 0.2) is 0 Å². The molecule has 4 rings (SSSR count). The van der Waals surface area contributed by atoms with Crippen molar-refractivity contribution < 1.29 is 55.7 Å². The maximum atomic E-state index is 13.8. The monoisotopic (exact) mass is 702 g/mol. The van der Waals surface area contributed by atoms with Gasteiger partial charge >= 0.3 is 24.3 Å². The second-order valence-electron chi connectivity index (χ2n) is 12.0. The van der Waals surface area contributed by atoms with E-state index in [0.717, 1.165) is 12.1 Å². The summed E-state index contributed by atoms with van der Waals surface area (Å²) in [5.41, 5.74) is -0.220. The van der Waals surface area contributed by atoms with Gasteiger partial charge in [-0.15, -0.1) is 0 Å². The first-order valence-electron chi connectivity index (χ1n) is 15.7. The summed E-state index contributed by atoms with van der Waals surface area (Å²) in [6.07, 6.45) is -7.96. The number of hydrogen-bond donors (Lipinski definition) is 4. The fourth-order valence-electron chi connectivity index (χ4n) is 5.68. The van der Waals surface area contributed by atoms with E-state index in [2.05, 4.69) is 20.6 Å². The molecule has 2 aromatic rings. The number of aliphatic carboxylic acids is 2. The zero-order valence-corrected chi connectivity index (χ0v) is 26.2. The Balaban J connectivity index is 1.32. The molecule has 1 unspecified atom stereocenters. The minimum absolute atomic E-state index is 0.000144. The number of nitrogens with zero attached hydrogens (tertiary/aromatic N) is 4. The molecule has 2 aliphatic heterocycles. The SMILES string of the molecule is O=C(O)CCC(NC(=O)CCC1CCN(c2cc(N3CC[C@H]3C(=O)NCCc3ccc(C(F)(F)F)cc3)nc(C(F)(F)F)n2)CC1)C(=O)O. The Kier molecular flexibility index (Phi) is 11.9. The molecule has 2 saturated heterocycles. The van der Waals surface area contributed by atoms with E-state index in [9.17, 15) is 50.6 Å². The molecule has 2 amide bonds. The summed E-state index contributed by atoms with van der Waals surface area (Å²) >= 11 is 0. The van der Waals surface area contributed by atoms with Crippen molar-refractivity contribution in [2.45, 2.75) is 75.8 Å². The molecule has 3 heterocycles. The Morgan fingerprint density at radius 3 is 2.08 bits per heavy atom. The molecule has 0 spiro atoms. The molecule has 49 heavy (non-hydrogen) atoms. The number of rotatable bonds is 14. The number of alkyl halides is 6. The summed E-state index contributed by atoms with van der Waals surface area (Å²) < 4.78 is 79.9. The highest BCUT2D eigenvalue weighted by Gasteiger charge is 2.40. The maximum absolute atomic E-state index is 13.8. The molecule has 2 atom stereocenters. The summed E-state index contributed by atoms with van der Waals surface area (Å²) in [4.78, 5) is 57.8. The van der Waals surface area contributed by atoms with Gasteiger partial charge < -0.3 is 30.6 Å². The molecule has 0 bridgehead atoms. The molecule has 1 aromatic carbocycles. The van der Waals surface area contributed by atoms with Crippen LogP contribution in [-0.4, -0.2) is 82.2 Å². The number of benzene rings is 1. The van der Waals surface area contributed by atoms with E-state index < -0.39 is 66.0 Å². The van der Waals surface area contributed by atoms with E-state index in [1.165, 1.54) is 23.1 Å². The Bertz CT molecular complexity index is 1500. The number of carboxylic acids is 2. The van der Waals surface area contributed by atoms with Crippen molar-refractivity contribution in [1.29, 1.82) is 0 Å². The van der Waals surface area contributed by atoms with Gasteiger partial charge in [-0.1, -0.05) is 12.1 Å². The van der Waals surface area contributed by atoms with Gasteiger partial charge in [-0.2, -0.15) is 26.3 Å². The normalized spacial score (nSPS) is 17.6. The van der Waals surface area contributed by atoms with Crippen LogP contribution < -0.4 is 20.4 Å². The van der Waals surface area contributed by atoms with Crippen LogP contribution >= 0.6 is 0 Å². The van der Waals surface area contributed by atoms with E-state index in [4.69, 9.17) is 5.11 Å². The van der Waals surface area contributed by atoms with E-state index >= 15 is 0 Å². The molecule has 0 saturated carbocycles. The molecule has 2 aliphatic rings. The third-order valence-electron chi connectivity index (χ3n) is 8.56. The lowest BCUT2D eigenvalue weighted by Gasteiger charge is -2.41. The number of nitrogens with one attached hydrogen (secondary N) is 2. The largest absolute Gasteiger partial charge is 0.481 e. The lowest BCUT2D eigenvalue weighted by molar-refractivity contribution is -0.145. The number of carbonyl (C=O) groups excluding carboxylic acids is 2. The molecule has 18 heteroatoms. The van der Waals surface area contributed by atoms with Crippen LogP contribution in [0.15, 0.2) is 30.3 Å². The van der Waals surface area contributed by atoms with E-state index in [-0.39, 0.29) is 49.9 Å². The Hall–Kier alpha value is -4.64. The number of aromatic nitrogens is 2. The van der Waals surface area contributed by atoms with Gasteiger partial charge in [-0.25, -0.2) is 14.8 Å². The van der Waals surface area contributed by atoms with Crippen molar-refractivity contribution >= 4 is 35.4 Å². The van der Waals surface area contributed by atoms with E-state index in [1.807, 2.05) is 0 Å². The first kappa shape index (κ1) is 37.2. The van der Waals surface area contributed by atoms with Crippen molar-refractivity contribution in [3.05, 3.63) is 47.3 Å². The predicted molar refractivity (Wildman–Crippen MR) is 162 cm³/mol. The molecular weight excluding hydrogens is 666 g/mol. The van der Waals surface area contributed by atoms with Crippen molar-refractivity contribution in [2.75, 3.05) is 36.0 Å². The van der Waals surface area contributed by atoms with Gasteiger partial charge in [-0.3, -0.25) is 14.4 Å². The summed E-state index contributed by atoms with van der Waals surface area (Å²) in [6, 6.07) is 3.80. The standard InChI is InChI=1S/C31H36F6N6O6/c32-30(33,34)20-4-1-18(2-5-20)9-13-38-27(47)22-12-16-43(22)24-17-23(40-29(41-24)31(35,36)37)42-14-10-19(11-15-42)3-7-25(44)39-21(28(48)49)6-8-26(45)46/h1-2,4-5,17,19,21-22H,3,6-16H2,(H,38,47)(H,39,44)(H,45,46)(H,48,49)/t21?,22-/m0/s1. The van der Waals surface area contributed by atoms with Crippen LogP contribution in [0.25, 0.3) is 0 Å². The lowest BCUT2D eigenvalue weighted by Crippen LogP contribution is -2.57. The van der Waals surface area contributed by atoms with Crippen LogP contribution in [0.4, 0.5) is 38.0 Å².